The number of nitrogens with one attached hydrogen (secondary N) is 1. The van der Waals surface area contributed by atoms with E-state index in [0.717, 1.165) is 28.9 Å². The van der Waals surface area contributed by atoms with E-state index in [2.05, 4.69) is 30.2 Å². The van der Waals surface area contributed by atoms with Gasteiger partial charge >= 0.3 is 0 Å². The number of hydrogen-bond acceptors (Lipinski definition) is 6. The van der Waals surface area contributed by atoms with Crippen molar-refractivity contribution in [2.45, 2.75) is 18.9 Å². The molecule has 3 aliphatic heterocycles. The van der Waals surface area contributed by atoms with E-state index in [1.165, 1.54) is 25.9 Å². The largest absolute Gasteiger partial charge is 0.342 e. The maximum absolute atomic E-state index is 4.38. The van der Waals surface area contributed by atoms with Crippen LogP contribution in [-0.4, -0.2) is 57.5 Å². The molecule has 0 atom stereocenters. The SMILES string of the molecule is c1cc(-c2nnc(N3CCN4CCC3CC4)s2)[nH]n1. The minimum atomic E-state index is 0.640. The zero-order chi connectivity index (χ0) is 12.7. The molecule has 2 bridgehead atoms. The summed E-state index contributed by atoms with van der Waals surface area (Å²) in [6.07, 6.45) is 4.25. The average Bonchev–Trinajstić information content (AvgIpc) is 3.05. The smallest absolute Gasteiger partial charge is 0.208 e. The highest BCUT2D eigenvalue weighted by Crippen LogP contribution is 2.32. The summed E-state index contributed by atoms with van der Waals surface area (Å²) in [6.45, 7) is 4.68. The van der Waals surface area contributed by atoms with Crippen molar-refractivity contribution in [3.8, 4) is 10.7 Å². The second-order valence-electron chi connectivity index (χ2n) is 5.13. The van der Waals surface area contributed by atoms with Crippen LogP contribution in [0.4, 0.5) is 5.13 Å². The summed E-state index contributed by atoms with van der Waals surface area (Å²) in [4.78, 5) is 5.00. The van der Waals surface area contributed by atoms with E-state index in [0.29, 0.717) is 6.04 Å². The van der Waals surface area contributed by atoms with Crippen molar-refractivity contribution in [1.82, 2.24) is 25.3 Å². The molecule has 5 heterocycles. The molecule has 0 radical (unpaired) electrons. The lowest BCUT2D eigenvalue weighted by Gasteiger charge is -2.30. The second kappa shape index (κ2) is 4.57. The van der Waals surface area contributed by atoms with Gasteiger partial charge in [0.15, 0.2) is 5.01 Å². The van der Waals surface area contributed by atoms with E-state index in [4.69, 9.17) is 0 Å². The Balaban J connectivity index is 1.62. The topological polar surface area (TPSA) is 60.9 Å². The van der Waals surface area contributed by atoms with Gasteiger partial charge in [-0.25, -0.2) is 0 Å². The molecule has 3 fully saturated rings. The number of piperidine rings is 1. The molecule has 0 spiro atoms. The van der Waals surface area contributed by atoms with Gasteiger partial charge in [0.25, 0.3) is 0 Å². The first-order valence-corrected chi connectivity index (χ1v) is 7.54. The van der Waals surface area contributed by atoms with Gasteiger partial charge in [-0.05, 0) is 18.9 Å². The maximum atomic E-state index is 4.38. The number of H-pyrrole nitrogens is 1. The Morgan fingerprint density at radius 1 is 1.16 bits per heavy atom. The number of rotatable bonds is 2. The predicted octanol–water partition coefficient (Wildman–Crippen LogP) is 1.21. The van der Waals surface area contributed by atoms with E-state index in [1.807, 2.05) is 6.07 Å². The lowest BCUT2D eigenvalue weighted by Crippen LogP contribution is -2.37. The third kappa shape index (κ3) is 2.02. The Hall–Kier alpha value is -1.47. The first kappa shape index (κ1) is 11.4. The van der Waals surface area contributed by atoms with E-state index in [9.17, 15) is 0 Å². The number of anilines is 1. The van der Waals surface area contributed by atoms with Crippen LogP contribution >= 0.6 is 11.3 Å². The molecule has 100 valence electrons. The van der Waals surface area contributed by atoms with E-state index in [1.54, 1.807) is 17.5 Å². The molecule has 0 aliphatic carbocycles. The third-order valence-corrected chi connectivity index (χ3v) is 5.04. The van der Waals surface area contributed by atoms with Crippen LogP contribution in [0, 0.1) is 0 Å². The van der Waals surface area contributed by atoms with Gasteiger partial charge in [0.1, 0.15) is 0 Å². The van der Waals surface area contributed by atoms with Crippen molar-refractivity contribution < 1.29 is 0 Å². The summed E-state index contributed by atoms with van der Waals surface area (Å²) in [5, 5.41) is 17.6. The molecule has 2 aromatic heterocycles. The van der Waals surface area contributed by atoms with Crippen molar-refractivity contribution in [1.29, 1.82) is 0 Å². The fourth-order valence-corrected chi connectivity index (χ4v) is 3.87. The van der Waals surface area contributed by atoms with Crippen LogP contribution in [0.25, 0.3) is 10.7 Å². The number of hydrogen-bond donors (Lipinski definition) is 1. The van der Waals surface area contributed by atoms with Gasteiger partial charge in [-0.15, -0.1) is 10.2 Å². The van der Waals surface area contributed by atoms with Gasteiger partial charge in [0.05, 0.1) is 5.69 Å². The lowest BCUT2D eigenvalue weighted by molar-refractivity contribution is 0.250. The Labute approximate surface area is 115 Å². The molecule has 5 rings (SSSR count). The molecular formula is C12H16N6S. The van der Waals surface area contributed by atoms with Gasteiger partial charge in [-0.3, -0.25) is 5.10 Å². The summed E-state index contributed by atoms with van der Waals surface area (Å²) in [6, 6.07) is 2.57. The molecule has 6 nitrogen and oxygen atoms in total. The van der Waals surface area contributed by atoms with Crippen molar-refractivity contribution in [2.24, 2.45) is 0 Å². The fraction of sp³-hybridized carbons (Fsp3) is 0.583. The third-order valence-electron chi connectivity index (χ3n) is 4.05. The average molecular weight is 276 g/mol. The van der Waals surface area contributed by atoms with E-state index < -0.39 is 0 Å². The molecule has 0 saturated carbocycles. The van der Waals surface area contributed by atoms with Crippen LogP contribution in [0.5, 0.6) is 0 Å². The highest BCUT2D eigenvalue weighted by atomic mass is 32.1. The Kier molecular flexibility index (Phi) is 2.73. The van der Waals surface area contributed by atoms with Crippen LogP contribution in [0.15, 0.2) is 12.3 Å². The second-order valence-corrected chi connectivity index (χ2v) is 6.08. The number of fused-ring (bicyclic) bond motifs is 4. The summed E-state index contributed by atoms with van der Waals surface area (Å²) >= 11 is 1.66. The molecule has 0 unspecified atom stereocenters. The zero-order valence-electron chi connectivity index (χ0n) is 10.6. The van der Waals surface area contributed by atoms with Crippen molar-refractivity contribution in [3.05, 3.63) is 12.3 Å². The van der Waals surface area contributed by atoms with Gasteiger partial charge in [0, 0.05) is 38.4 Å². The molecule has 19 heavy (non-hydrogen) atoms. The Bertz CT molecular complexity index is 542. The molecule has 7 heteroatoms. The molecule has 3 saturated heterocycles. The fourth-order valence-electron chi connectivity index (χ4n) is 2.95. The lowest BCUT2D eigenvalue weighted by atomic mass is 10.1. The standard InChI is InChI=1S/C12H16N6S/c1-4-13-14-10(1)11-15-16-12(19-11)18-8-7-17-5-2-9(18)3-6-17/h1,4,9H,2-3,5-8H2,(H,13,14). The molecular weight excluding hydrogens is 260 g/mol. The summed E-state index contributed by atoms with van der Waals surface area (Å²) in [5.41, 5.74) is 0.951. The summed E-state index contributed by atoms with van der Waals surface area (Å²) in [5.74, 6) is 0. The molecule has 0 aromatic carbocycles. The van der Waals surface area contributed by atoms with Crippen molar-refractivity contribution >= 4 is 16.5 Å². The van der Waals surface area contributed by atoms with E-state index in [-0.39, 0.29) is 0 Å². The predicted molar refractivity (Wildman–Crippen MR) is 74.3 cm³/mol. The highest BCUT2D eigenvalue weighted by Gasteiger charge is 2.30. The van der Waals surface area contributed by atoms with Gasteiger partial charge in [-0.1, -0.05) is 11.3 Å². The van der Waals surface area contributed by atoms with Crippen LogP contribution in [0.1, 0.15) is 12.8 Å². The first-order chi connectivity index (χ1) is 9.40. The van der Waals surface area contributed by atoms with Crippen LogP contribution in [0.3, 0.4) is 0 Å². The maximum Gasteiger partial charge on any atom is 0.208 e. The van der Waals surface area contributed by atoms with Crippen LogP contribution in [0.2, 0.25) is 0 Å². The van der Waals surface area contributed by atoms with Crippen LogP contribution in [-0.2, 0) is 0 Å². The minimum Gasteiger partial charge on any atom is -0.342 e. The van der Waals surface area contributed by atoms with Gasteiger partial charge < -0.3 is 9.80 Å². The highest BCUT2D eigenvalue weighted by molar-refractivity contribution is 7.18. The summed E-state index contributed by atoms with van der Waals surface area (Å²) < 4.78 is 0. The normalized spacial score (nSPS) is 26.6. The molecule has 3 aliphatic rings. The monoisotopic (exact) mass is 276 g/mol. The Morgan fingerprint density at radius 3 is 2.84 bits per heavy atom. The Morgan fingerprint density at radius 2 is 2.05 bits per heavy atom. The number of nitrogens with zero attached hydrogens (tertiary/aromatic N) is 5. The number of aromatic nitrogens is 4. The van der Waals surface area contributed by atoms with Crippen molar-refractivity contribution in [3.63, 3.8) is 0 Å². The van der Waals surface area contributed by atoms with Gasteiger partial charge in [-0.2, -0.15) is 5.10 Å². The van der Waals surface area contributed by atoms with E-state index >= 15 is 0 Å². The summed E-state index contributed by atoms with van der Waals surface area (Å²) in [7, 11) is 0. The first-order valence-electron chi connectivity index (χ1n) is 6.72. The van der Waals surface area contributed by atoms with Crippen molar-refractivity contribution in [2.75, 3.05) is 31.1 Å². The number of aromatic amines is 1. The zero-order valence-corrected chi connectivity index (χ0v) is 11.4. The minimum absolute atomic E-state index is 0.640. The quantitative estimate of drug-likeness (QED) is 0.893. The van der Waals surface area contributed by atoms with Crippen LogP contribution < -0.4 is 4.90 Å². The molecule has 0 amide bonds. The van der Waals surface area contributed by atoms with Gasteiger partial charge in [0.2, 0.25) is 5.13 Å². The molecule has 1 N–H and O–H groups in total. The molecule has 2 aromatic rings.